The van der Waals surface area contributed by atoms with Gasteiger partial charge in [0.05, 0.1) is 11.8 Å². The molecule has 0 spiro atoms. The number of benzene rings is 2. The van der Waals surface area contributed by atoms with Gasteiger partial charge in [0, 0.05) is 28.4 Å². The summed E-state index contributed by atoms with van der Waals surface area (Å²) in [5, 5.41) is 6.51. The van der Waals surface area contributed by atoms with Crippen molar-refractivity contribution in [2.45, 2.75) is 27.3 Å². The molecule has 0 saturated carbocycles. The molecule has 0 saturated heterocycles. The van der Waals surface area contributed by atoms with Gasteiger partial charge in [0.25, 0.3) is 5.91 Å². The zero-order valence-corrected chi connectivity index (χ0v) is 15.6. The summed E-state index contributed by atoms with van der Waals surface area (Å²) in [6.45, 7) is 6.64. The summed E-state index contributed by atoms with van der Waals surface area (Å²) in [7, 11) is 0. The normalized spacial score (nSPS) is 11.7. The Morgan fingerprint density at radius 2 is 1.89 bits per heavy atom. The molecule has 0 fully saturated rings. The fourth-order valence-electron chi connectivity index (χ4n) is 3.57. The van der Waals surface area contributed by atoms with E-state index in [1.807, 2.05) is 13.0 Å². The molecule has 27 heavy (non-hydrogen) atoms. The third-order valence-corrected chi connectivity index (χ3v) is 4.78. The fraction of sp³-hybridized carbons (Fsp3) is 0.182. The van der Waals surface area contributed by atoms with Crippen molar-refractivity contribution >= 4 is 33.9 Å². The predicted molar refractivity (Wildman–Crippen MR) is 108 cm³/mol. The summed E-state index contributed by atoms with van der Waals surface area (Å²) >= 11 is 0. The zero-order valence-electron chi connectivity index (χ0n) is 15.6. The van der Waals surface area contributed by atoms with Crippen LogP contribution in [0.5, 0.6) is 0 Å². The highest BCUT2D eigenvalue weighted by atomic mass is 16.3. The number of fused-ring (bicyclic) bond motifs is 3. The van der Waals surface area contributed by atoms with Gasteiger partial charge >= 0.3 is 0 Å². The molecule has 2 aromatic carbocycles. The van der Waals surface area contributed by atoms with E-state index in [0.717, 1.165) is 12.1 Å². The Morgan fingerprint density at radius 1 is 1.11 bits per heavy atom. The topological polar surface area (TPSA) is 59.5 Å². The van der Waals surface area contributed by atoms with E-state index in [2.05, 4.69) is 58.4 Å². The molecule has 5 heteroatoms. The number of nitrogens with one attached hydrogen (secondary N) is 1. The molecule has 2 heterocycles. The molecule has 1 amide bonds. The van der Waals surface area contributed by atoms with E-state index in [-0.39, 0.29) is 5.91 Å². The Hall–Kier alpha value is -3.34. The minimum Gasteiger partial charge on any atom is -0.466 e. The van der Waals surface area contributed by atoms with Gasteiger partial charge in [-0.1, -0.05) is 24.3 Å². The van der Waals surface area contributed by atoms with Crippen LogP contribution in [0.1, 0.15) is 34.4 Å². The Balaban J connectivity index is 1.63. The van der Waals surface area contributed by atoms with Crippen molar-refractivity contribution < 1.29 is 9.21 Å². The average Bonchev–Trinajstić information content (AvgIpc) is 3.17. The number of furan rings is 1. The van der Waals surface area contributed by atoms with Crippen LogP contribution in [0.25, 0.3) is 21.8 Å². The highest BCUT2D eigenvalue weighted by molar-refractivity contribution is 6.09. The molecule has 0 radical (unpaired) electrons. The summed E-state index contributed by atoms with van der Waals surface area (Å²) in [6, 6.07) is 16.3. The Kier molecular flexibility index (Phi) is 4.28. The number of para-hydroxylation sites is 1. The van der Waals surface area contributed by atoms with Gasteiger partial charge in [0.1, 0.15) is 11.5 Å². The largest absolute Gasteiger partial charge is 0.466 e. The smallest absolute Gasteiger partial charge is 0.274 e. The molecule has 136 valence electrons. The summed E-state index contributed by atoms with van der Waals surface area (Å²) in [5.74, 6) is 1.03. The lowest BCUT2D eigenvalue weighted by Gasteiger charge is -2.02. The van der Waals surface area contributed by atoms with Crippen LogP contribution in [-0.4, -0.2) is 16.7 Å². The Bertz CT molecular complexity index is 1180. The molecule has 0 unspecified atom stereocenters. The van der Waals surface area contributed by atoms with Crippen LogP contribution < -0.4 is 5.43 Å². The van der Waals surface area contributed by atoms with Crippen LogP contribution in [0.15, 0.2) is 58.0 Å². The number of rotatable bonds is 4. The number of aromatic nitrogens is 1. The molecule has 4 aromatic rings. The van der Waals surface area contributed by atoms with Gasteiger partial charge in [0.15, 0.2) is 0 Å². The first-order valence-electron chi connectivity index (χ1n) is 9.00. The first-order chi connectivity index (χ1) is 13.1. The van der Waals surface area contributed by atoms with Gasteiger partial charge in [-0.25, -0.2) is 5.43 Å². The highest BCUT2D eigenvalue weighted by Gasteiger charge is 2.12. The lowest BCUT2D eigenvalue weighted by Crippen LogP contribution is -2.17. The van der Waals surface area contributed by atoms with Crippen molar-refractivity contribution in [1.29, 1.82) is 0 Å². The van der Waals surface area contributed by atoms with E-state index in [0.29, 0.717) is 17.1 Å². The van der Waals surface area contributed by atoms with Gasteiger partial charge < -0.3 is 8.98 Å². The van der Waals surface area contributed by atoms with E-state index in [4.69, 9.17) is 4.42 Å². The number of carbonyl (C=O) groups is 1. The minimum atomic E-state index is -0.274. The summed E-state index contributed by atoms with van der Waals surface area (Å²) in [4.78, 5) is 12.2. The molecule has 0 aliphatic heterocycles. The second-order valence-corrected chi connectivity index (χ2v) is 6.56. The standard InChI is InChI=1S/C22H21N3O2/c1-4-25-20-8-6-5-7-17(20)19-12-16(9-10-21(19)25)13-23-24-22(26)18-11-14(2)27-15(18)3/h5-13H,4H2,1-3H3,(H,24,26). The second-order valence-electron chi connectivity index (χ2n) is 6.56. The van der Waals surface area contributed by atoms with E-state index in [1.165, 1.54) is 21.8 Å². The van der Waals surface area contributed by atoms with E-state index >= 15 is 0 Å². The molecule has 0 aliphatic carbocycles. The SMILES string of the molecule is CCn1c2ccccc2c2cc(C=NNC(=O)c3cc(C)oc3C)ccc21. The van der Waals surface area contributed by atoms with Gasteiger partial charge in [-0.3, -0.25) is 4.79 Å². The monoisotopic (exact) mass is 359 g/mol. The van der Waals surface area contributed by atoms with Crippen molar-refractivity contribution in [1.82, 2.24) is 9.99 Å². The maximum absolute atomic E-state index is 12.2. The molecule has 0 atom stereocenters. The number of aryl methyl sites for hydroxylation is 3. The van der Waals surface area contributed by atoms with E-state index < -0.39 is 0 Å². The maximum Gasteiger partial charge on any atom is 0.274 e. The zero-order chi connectivity index (χ0) is 19.0. The lowest BCUT2D eigenvalue weighted by atomic mass is 10.1. The first-order valence-corrected chi connectivity index (χ1v) is 9.00. The molecule has 2 aromatic heterocycles. The first kappa shape index (κ1) is 17.1. The minimum absolute atomic E-state index is 0.274. The molecule has 0 aliphatic rings. The number of hydrogen-bond donors (Lipinski definition) is 1. The maximum atomic E-state index is 12.2. The second kappa shape index (κ2) is 6.76. The van der Waals surface area contributed by atoms with E-state index in [9.17, 15) is 4.79 Å². The fourth-order valence-corrected chi connectivity index (χ4v) is 3.57. The Morgan fingerprint density at radius 3 is 2.63 bits per heavy atom. The summed E-state index contributed by atoms with van der Waals surface area (Å²) < 4.78 is 7.69. The van der Waals surface area contributed by atoms with Gasteiger partial charge in [-0.05, 0) is 50.6 Å². The van der Waals surface area contributed by atoms with Gasteiger partial charge in [-0.2, -0.15) is 5.10 Å². The Labute approximate surface area is 157 Å². The van der Waals surface area contributed by atoms with Crippen LogP contribution in [0.4, 0.5) is 0 Å². The molecule has 4 rings (SSSR count). The third-order valence-electron chi connectivity index (χ3n) is 4.78. The van der Waals surface area contributed by atoms with Crippen molar-refractivity contribution in [2.24, 2.45) is 5.10 Å². The van der Waals surface area contributed by atoms with Crippen molar-refractivity contribution in [2.75, 3.05) is 0 Å². The molecule has 1 N–H and O–H groups in total. The van der Waals surface area contributed by atoms with Crippen LogP contribution in [0.3, 0.4) is 0 Å². The number of hydrogen-bond acceptors (Lipinski definition) is 3. The molecule has 5 nitrogen and oxygen atoms in total. The van der Waals surface area contributed by atoms with Crippen LogP contribution in [0, 0.1) is 13.8 Å². The van der Waals surface area contributed by atoms with Crippen LogP contribution in [-0.2, 0) is 6.54 Å². The van der Waals surface area contributed by atoms with Crippen LogP contribution in [0.2, 0.25) is 0 Å². The lowest BCUT2D eigenvalue weighted by molar-refractivity contribution is 0.0953. The predicted octanol–water partition coefficient (Wildman–Crippen LogP) is 4.79. The molecular weight excluding hydrogens is 338 g/mol. The number of amides is 1. The highest BCUT2D eigenvalue weighted by Crippen LogP contribution is 2.29. The quantitative estimate of drug-likeness (QED) is 0.421. The van der Waals surface area contributed by atoms with Crippen LogP contribution >= 0.6 is 0 Å². The summed E-state index contributed by atoms with van der Waals surface area (Å²) in [5.41, 5.74) is 6.43. The van der Waals surface area contributed by atoms with Crippen molar-refractivity contribution in [3.63, 3.8) is 0 Å². The van der Waals surface area contributed by atoms with E-state index in [1.54, 1.807) is 19.2 Å². The number of carbonyl (C=O) groups excluding carboxylic acids is 1. The average molecular weight is 359 g/mol. The number of hydrazone groups is 1. The van der Waals surface area contributed by atoms with Gasteiger partial charge in [-0.15, -0.1) is 0 Å². The molecular formula is C22H21N3O2. The van der Waals surface area contributed by atoms with Gasteiger partial charge in [0.2, 0.25) is 0 Å². The summed E-state index contributed by atoms with van der Waals surface area (Å²) in [6.07, 6.45) is 1.66. The van der Waals surface area contributed by atoms with Crippen molar-refractivity contribution in [3.8, 4) is 0 Å². The third kappa shape index (κ3) is 3.01. The number of nitrogens with zero attached hydrogens (tertiary/aromatic N) is 2. The molecule has 0 bridgehead atoms. The van der Waals surface area contributed by atoms with Crippen molar-refractivity contribution in [3.05, 3.63) is 71.2 Å².